The highest BCUT2D eigenvalue weighted by Crippen LogP contribution is 2.28. The maximum absolute atomic E-state index is 12.2. The third-order valence-electron chi connectivity index (χ3n) is 2.43. The van der Waals surface area contributed by atoms with Gasteiger partial charge in [-0.15, -0.1) is 0 Å². The Morgan fingerprint density at radius 2 is 2.05 bits per heavy atom. The van der Waals surface area contributed by atoms with Gasteiger partial charge in [0.15, 0.2) is 6.61 Å². The zero-order valence-electron chi connectivity index (χ0n) is 11.6. The lowest BCUT2D eigenvalue weighted by atomic mass is 10.2. The van der Waals surface area contributed by atoms with Crippen molar-refractivity contribution in [3.8, 4) is 5.75 Å². The number of rotatable bonds is 6. The number of hydrogen-bond acceptors (Lipinski definition) is 3. The summed E-state index contributed by atoms with van der Waals surface area (Å²) in [6.07, 6.45) is -4.43. The predicted octanol–water partition coefficient (Wildman–Crippen LogP) is 2.68. The van der Waals surface area contributed by atoms with E-state index in [1.54, 1.807) is 0 Å². The van der Waals surface area contributed by atoms with Crippen molar-refractivity contribution in [3.63, 3.8) is 0 Å². The minimum atomic E-state index is -4.43. The Kier molecular flexibility index (Phi) is 6.47. The van der Waals surface area contributed by atoms with E-state index in [-0.39, 0.29) is 17.2 Å². The Morgan fingerprint density at radius 3 is 2.62 bits per heavy atom. The highest BCUT2D eigenvalue weighted by atomic mass is 79.9. The molecule has 0 spiro atoms. The lowest BCUT2D eigenvalue weighted by Crippen LogP contribution is -2.31. The second kappa shape index (κ2) is 7.65. The van der Waals surface area contributed by atoms with Gasteiger partial charge in [-0.3, -0.25) is 4.79 Å². The van der Waals surface area contributed by atoms with E-state index < -0.39 is 12.8 Å². The molecule has 4 nitrogen and oxygen atoms in total. The second-order valence-corrected chi connectivity index (χ2v) is 5.46. The summed E-state index contributed by atoms with van der Waals surface area (Å²) in [5.41, 5.74) is 0.245. The molecule has 0 saturated heterocycles. The number of hydrogen-bond donors (Lipinski definition) is 1. The molecule has 0 heterocycles. The first kappa shape index (κ1) is 17.8. The van der Waals surface area contributed by atoms with Crippen LogP contribution < -0.4 is 10.1 Å². The van der Waals surface area contributed by atoms with E-state index in [4.69, 9.17) is 0 Å². The van der Waals surface area contributed by atoms with Crippen molar-refractivity contribution >= 4 is 21.8 Å². The molecule has 1 aromatic rings. The summed E-state index contributed by atoms with van der Waals surface area (Å²) in [5, 5.41) is 2.68. The molecule has 1 aromatic carbocycles. The minimum absolute atomic E-state index is 0.0208. The Bertz CT molecular complexity index is 493. The molecule has 1 amide bonds. The molecule has 21 heavy (non-hydrogen) atoms. The number of nitrogens with one attached hydrogen (secondary N) is 1. The molecule has 0 bridgehead atoms. The Morgan fingerprint density at radius 1 is 1.38 bits per heavy atom. The monoisotopic (exact) mass is 368 g/mol. The Balaban J connectivity index is 2.69. The van der Waals surface area contributed by atoms with Crippen molar-refractivity contribution in [2.45, 2.75) is 6.18 Å². The standard InChI is InChI=1S/C13H16BrF3N2O2/c1-19(2)6-5-18-12(20)9-3-4-10(14)11(7-9)21-8-13(15,16)17/h3-4,7H,5-6,8H2,1-2H3,(H,18,20). The van der Waals surface area contributed by atoms with E-state index in [9.17, 15) is 18.0 Å². The second-order valence-electron chi connectivity index (χ2n) is 4.61. The van der Waals surface area contributed by atoms with Crippen LogP contribution in [0.15, 0.2) is 22.7 Å². The summed E-state index contributed by atoms with van der Waals surface area (Å²) in [6, 6.07) is 4.27. The molecule has 0 fully saturated rings. The molecule has 0 aliphatic heterocycles. The van der Waals surface area contributed by atoms with Gasteiger partial charge in [0, 0.05) is 18.7 Å². The number of likely N-dealkylation sites (N-methyl/N-ethyl adjacent to an activating group) is 1. The number of halogens is 4. The molecule has 1 N–H and O–H groups in total. The van der Waals surface area contributed by atoms with Crippen LogP contribution in [-0.4, -0.2) is 50.8 Å². The topological polar surface area (TPSA) is 41.6 Å². The molecule has 8 heteroatoms. The van der Waals surface area contributed by atoms with Crippen LogP contribution in [0.25, 0.3) is 0 Å². The van der Waals surface area contributed by atoms with Crippen molar-refractivity contribution in [1.29, 1.82) is 0 Å². The summed E-state index contributed by atoms with van der Waals surface area (Å²) < 4.78 is 41.5. The third kappa shape index (κ3) is 6.81. The van der Waals surface area contributed by atoms with Crippen molar-refractivity contribution < 1.29 is 22.7 Å². The number of ether oxygens (including phenoxy) is 1. The summed E-state index contributed by atoms with van der Waals surface area (Å²) in [7, 11) is 3.74. The zero-order valence-corrected chi connectivity index (χ0v) is 13.2. The van der Waals surface area contributed by atoms with Gasteiger partial charge in [0.05, 0.1) is 4.47 Å². The molecule has 0 radical (unpaired) electrons. The molecular weight excluding hydrogens is 353 g/mol. The zero-order chi connectivity index (χ0) is 16.0. The first-order valence-electron chi connectivity index (χ1n) is 6.11. The van der Waals surface area contributed by atoms with Gasteiger partial charge < -0.3 is 15.0 Å². The molecule has 0 aromatic heterocycles. The number of alkyl halides is 3. The van der Waals surface area contributed by atoms with Gasteiger partial charge in [-0.25, -0.2) is 0 Å². The smallest absolute Gasteiger partial charge is 0.422 e. The molecule has 1 rings (SSSR count). The van der Waals surface area contributed by atoms with Crippen LogP contribution >= 0.6 is 15.9 Å². The lowest BCUT2D eigenvalue weighted by Gasteiger charge is -2.13. The van der Waals surface area contributed by atoms with E-state index >= 15 is 0 Å². The summed E-state index contributed by atoms with van der Waals surface area (Å²) in [6.45, 7) is -0.294. The van der Waals surface area contributed by atoms with Gasteiger partial charge in [-0.05, 0) is 48.2 Å². The van der Waals surface area contributed by atoms with Gasteiger partial charge in [0.2, 0.25) is 0 Å². The fourth-order valence-electron chi connectivity index (χ4n) is 1.41. The van der Waals surface area contributed by atoms with Gasteiger partial charge >= 0.3 is 6.18 Å². The van der Waals surface area contributed by atoms with Crippen LogP contribution in [-0.2, 0) is 0 Å². The highest BCUT2D eigenvalue weighted by Gasteiger charge is 2.28. The molecule has 0 aliphatic carbocycles. The van der Waals surface area contributed by atoms with Crippen LogP contribution in [0.5, 0.6) is 5.75 Å². The van der Waals surface area contributed by atoms with Crippen molar-refractivity contribution in [1.82, 2.24) is 10.2 Å². The number of carbonyl (C=O) groups is 1. The molecule has 0 unspecified atom stereocenters. The molecule has 0 saturated carbocycles. The Hall–Kier alpha value is -1.28. The van der Waals surface area contributed by atoms with E-state index in [0.717, 1.165) is 0 Å². The van der Waals surface area contributed by atoms with Crippen LogP contribution in [0.4, 0.5) is 13.2 Å². The van der Waals surface area contributed by atoms with Crippen LogP contribution in [0.3, 0.4) is 0 Å². The number of nitrogens with zero attached hydrogens (tertiary/aromatic N) is 1. The van der Waals surface area contributed by atoms with Crippen molar-refractivity contribution in [3.05, 3.63) is 28.2 Å². The van der Waals surface area contributed by atoms with Gasteiger partial charge in [-0.2, -0.15) is 13.2 Å². The quantitative estimate of drug-likeness (QED) is 0.839. The lowest BCUT2D eigenvalue weighted by molar-refractivity contribution is -0.153. The number of carbonyl (C=O) groups excluding carboxylic acids is 1. The van der Waals surface area contributed by atoms with Crippen LogP contribution in [0.2, 0.25) is 0 Å². The fourth-order valence-corrected chi connectivity index (χ4v) is 1.77. The van der Waals surface area contributed by atoms with Crippen molar-refractivity contribution in [2.24, 2.45) is 0 Å². The molecule has 0 atom stereocenters. The highest BCUT2D eigenvalue weighted by molar-refractivity contribution is 9.10. The minimum Gasteiger partial charge on any atom is -0.483 e. The average molecular weight is 369 g/mol. The SMILES string of the molecule is CN(C)CCNC(=O)c1ccc(Br)c(OCC(F)(F)F)c1. The van der Waals surface area contributed by atoms with Crippen molar-refractivity contribution in [2.75, 3.05) is 33.8 Å². The van der Waals surface area contributed by atoms with Crippen LogP contribution in [0, 0.1) is 0 Å². The molecular formula is C13H16BrF3N2O2. The van der Waals surface area contributed by atoms with Gasteiger partial charge in [-0.1, -0.05) is 0 Å². The fraction of sp³-hybridized carbons (Fsp3) is 0.462. The van der Waals surface area contributed by atoms with Gasteiger partial charge in [0.1, 0.15) is 5.75 Å². The normalized spacial score (nSPS) is 11.6. The van der Waals surface area contributed by atoms with E-state index in [2.05, 4.69) is 26.0 Å². The van der Waals surface area contributed by atoms with E-state index in [1.165, 1.54) is 18.2 Å². The average Bonchev–Trinajstić information content (AvgIpc) is 2.36. The first-order chi connectivity index (χ1) is 9.69. The van der Waals surface area contributed by atoms with E-state index in [0.29, 0.717) is 17.6 Å². The summed E-state index contributed by atoms with van der Waals surface area (Å²) >= 11 is 3.09. The van der Waals surface area contributed by atoms with E-state index in [1.807, 2.05) is 19.0 Å². The number of benzene rings is 1. The molecule has 0 aliphatic rings. The van der Waals surface area contributed by atoms with Crippen LogP contribution in [0.1, 0.15) is 10.4 Å². The third-order valence-corrected chi connectivity index (χ3v) is 3.08. The largest absolute Gasteiger partial charge is 0.483 e. The predicted molar refractivity (Wildman–Crippen MR) is 76.6 cm³/mol. The number of amides is 1. The molecule has 118 valence electrons. The summed E-state index contributed by atoms with van der Waals surface area (Å²) in [5.74, 6) is -0.381. The first-order valence-corrected chi connectivity index (χ1v) is 6.90. The van der Waals surface area contributed by atoms with Gasteiger partial charge in [0.25, 0.3) is 5.91 Å². The summed E-state index contributed by atoms with van der Waals surface area (Å²) in [4.78, 5) is 13.8. The Labute approximate surface area is 129 Å². The maximum atomic E-state index is 12.2. The maximum Gasteiger partial charge on any atom is 0.422 e.